The molecule has 2 atom stereocenters. The molecule has 104 valence electrons. The Bertz CT molecular complexity index is 473. The molecule has 1 saturated heterocycles. The fraction of sp³-hybridized carbons (Fsp3) is 0.533. The maximum Gasteiger partial charge on any atom is 0.254 e. The quantitative estimate of drug-likeness (QED) is 0.878. The van der Waals surface area contributed by atoms with Crippen LogP contribution in [-0.4, -0.2) is 42.6 Å². The minimum atomic E-state index is -0.0501. The summed E-state index contributed by atoms with van der Waals surface area (Å²) in [5, 5.41) is 0. The molecule has 19 heavy (non-hydrogen) atoms. The molecule has 0 aliphatic carbocycles. The number of morpholine rings is 1. The summed E-state index contributed by atoms with van der Waals surface area (Å²) in [5.41, 5.74) is 8.60. The first-order valence-electron chi connectivity index (χ1n) is 6.72. The fourth-order valence-electron chi connectivity index (χ4n) is 2.45. The van der Waals surface area contributed by atoms with Gasteiger partial charge in [0.15, 0.2) is 0 Å². The molecular weight excluding hydrogens is 240 g/mol. The predicted octanol–water partition coefficient (Wildman–Crippen LogP) is 1.49. The second-order valence-electron chi connectivity index (χ2n) is 5.32. The zero-order valence-corrected chi connectivity index (χ0v) is 11.8. The summed E-state index contributed by atoms with van der Waals surface area (Å²) in [6, 6.07) is 6.02. The van der Waals surface area contributed by atoms with E-state index in [-0.39, 0.29) is 18.1 Å². The molecule has 0 aromatic heterocycles. The molecule has 0 bridgehead atoms. The van der Waals surface area contributed by atoms with Gasteiger partial charge in [-0.2, -0.15) is 0 Å². The summed E-state index contributed by atoms with van der Waals surface area (Å²) in [7, 11) is 0. The van der Waals surface area contributed by atoms with Gasteiger partial charge >= 0.3 is 0 Å². The number of nitrogens with two attached hydrogens (primary N) is 1. The molecule has 2 N–H and O–H groups in total. The van der Waals surface area contributed by atoms with Crippen LogP contribution in [0.15, 0.2) is 18.2 Å². The fourth-order valence-corrected chi connectivity index (χ4v) is 2.45. The second-order valence-corrected chi connectivity index (χ2v) is 5.32. The third-order valence-electron chi connectivity index (χ3n) is 3.64. The molecule has 1 amide bonds. The van der Waals surface area contributed by atoms with Crippen molar-refractivity contribution < 1.29 is 9.53 Å². The molecule has 4 nitrogen and oxygen atoms in total. The lowest BCUT2D eigenvalue weighted by atomic mass is 10.0. The van der Waals surface area contributed by atoms with E-state index in [1.54, 1.807) is 0 Å². The van der Waals surface area contributed by atoms with Crippen LogP contribution in [0.1, 0.15) is 28.4 Å². The van der Waals surface area contributed by atoms with Gasteiger partial charge in [0.25, 0.3) is 5.91 Å². The van der Waals surface area contributed by atoms with Crippen LogP contribution in [0, 0.1) is 13.8 Å². The van der Waals surface area contributed by atoms with Crippen molar-refractivity contribution in [2.75, 3.05) is 19.7 Å². The number of carbonyl (C=O) groups excluding carboxylic acids is 1. The first-order valence-corrected chi connectivity index (χ1v) is 6.72. The number of benzene rings is 1. The maximum atomic E-state index is 12.6. The Morgan fingerprint density at radius 3 is 2.84 bits per heavy atom. The van der Waals surface area contributed by atoms with E-state index >= 15 is 0 Å². The van der Waals surface area contributed by atoms with E-state index in [4.69, 9.17) is 10.5 Å². The van der Waals surface area contributed by atoms with Crippen molar-refractivity contribution in [1.29, 1.82) is 0 Å². The molecule has 1 aliphatic rings. The second kappa shape index (κ2) is 5.72. The van der Waals surface area contributed by atoms with E-state index in [2.05, 4.69) is 0 Å². The van der Waals surface area contributed by atoms with Gasteiger partial charge in [0.1, 0.15) is 0 Å². The van der Waals surface area contributed by atoms with Crippen LogP contribution >= 0.6 is 0 Å². The molecule has 2 rings (SSSR count). The van der Waals surface area contributed by atoms with Gasteiger partial charge in [0.05, 0.1) is 18.8 Å². The van der Waals surface area contributed by atoms with Gasteiger partial charge in [-0.15, -0.1) is 0 Å². The minimum absolute atomic E-state index is 0.0501. The molecule has 1 heterocycles. The highest BCUT2D eigenvalue weighted by molar-refractivity contribution is 5.96. The smallest absolute Gasteiger partial charge is 0.254 e. The molecule has 4 heteroatoms. The molecule has 1 fully saturated rings. The van der Waals surface area contributed by atoms with Crippen molar-refractivity contribution in [3.8, 4) is 0 Å². The summed E-state index contributed by atoms with van der Waals surface area (Å²) in [6.45, 7) is 7.59. The van der Waals surface area contributed by atoms with Crippen LogP contribution in [-0.2, 0) is 4.74 Å². The average molecular weight is 262 g/mol. The molecule has 0 saturated carbocycles. The molecule has 1 aliphatic heterocycles. The van der Waals surface area contributed by atoms with Crippen LogP contribution in [0.4, 0.5) is 0 Å². The minimum Gasteiger partial charge on any atom is -0.373 e. The standard InChI is InChI=1S/C15H22N2O2/c1-10-4-5-14(11(2)6-10)15(18)17-8-13(7-16)19-9-12(17)3/h4-6,12-13H,7-9,16H2,1-3H3. The van der Waals surface area contributed by atoms with Gasteiger partial charge < -0.3 is 15.4 Å². The summed E-state index contributed by atoms with van der Waals surface area (Å²) < 4.78 is 5.59. The molecule has 1 aromatic carbocycles. The van der Waals surface area contributed by atoms with Crippen LogP contribution in [0.25, 0.3) is 0 Å². The highest BCUT2D eigenvalue weighted by Gasteiger charge is 2.30. The number of hydrogen-bond acceptors (Lipinski definition) is 3. The summed E-state index contributed by atoms with van der Waals surface area (Å²) in [5.74, 6) is 0.0757. The van der Waals surface area contributed by atoms with Crippen molar-refractivity contribution in [2.24, 2.45) is 5.73 Å². The third-order valence-corrected chi connectivity index (χ3v) is 3.64. The van der Waals surface area contributed by atoms with Crippen molar-refractivity contribution in [2.45, 2.75) is 32.9 Å². The number of amides is 1. The Morgan fingerprint density at radius 2 is 2.21 bits per heavy atom. The predicted molar refractivity (Wildman–Crippen MR) is 75.2 cm³/mol. The normalized spacial score (nSPS) is 23.5. The molecule has 0 radical (unpaired) electrons. The summed E-state index contributed by atoms with van der Waals surface area (Å²) in [4.78, 5) is 14.5. The van der Waals surface area contributed by atoms with E-state index in [1.165, 1.54) is 5.56 Å². The number of ether oxygens (including phenoxy) is 1. The Kier molecular flexibility index (Phi) is 4.22. The topological polar surface area (TPSA) is 55.6 Å². The van der Waals surface area contributed by atoms with Crippen LogP contribution in [0.3, 0.4) is 0 Å². The van der Waals surface area contributed by atoms with Crippen molar-refractivity contribution in [3.63, 3.8) is 0 Å². The Balaban J connectivity index is 2.22. The van der Waals surface area contributed by atoms with E-state index < -0.39 is 0 Å². The van der Waals surface area contributed by atoms with Crippen LogP contribution in [0.5, 0.6) is 0 Å². The maximum absolute atomic E-state index is 12.6. The SMILES string of the molecule is Cc1ccc(C(=O)N2CC(CN)OCC2C)c(C)c1. The van der Waals surface area contributed by atoms with Gasteiger partial charge in [-0.05, 0) is 32.4 Å². The van der Waals surface area contributed by atoms with Crippen LogP contribution in [0.2, 0.25) is 0 Å². The van der Waals surface area contributed by atoms with Gasteiger partial charge in [-0.3, -0.25) is 4.79 Å². The van der Waals surface area contributed by atoms with Crippen molar-refractivity contribution in [3.05, 3.63) is 34.9 Å². The Morgan fingerprint density at radius 1 is 1.47 bits per heavy atom. The number of carbonyl (C=O) groups is 1. The van der Waals surface area contributed by atoms with E-state index in [1.807, 2.05) is 43.9 Å². The Hall–Kier alpha value is -1.39. The number of aryl methyl sites for hydroxylation is 2. The zero-order chi connectivity index (χ0) is 14.0. The largest absolute Gasteiger partial charge is 0.373 e. The van der Waals surface area contributed by atoms with Crippen molar-refractivity contribution in [1.82, 2.24) is 4.90 Å². The van der Waals surface area contributed by atoms with Gasteiger partial charge in [0.2, 0.25) is 0 Å². The summed E-state index contributed by atoms with van der Waals surface area (Å²) in [6.07, 6.45) is -0.0501. The number of rotatable bonds is 2. The monoisotopic (exact) mass is 262 g/mol. The van der Waals surface area contributed by atoms with E-state index in [0.717, 1.165) is 11.1 Å². The first-order chi connectivity index (χ1) is 9.02. The Labute approximate surface area is 114 Å². The number of nitrogens with zero attached hydrogens (tertiary/aromatic N) is 1. The highest BCUT2D eigenvalue weighted by atomic mass is 16.5. The molecule has 2 unspecified atom stereocenters. The third kappa shape index (κ3) is 2.96. The van der Waals surface area contributed by atoms with Gasteiger partial charge in [-0.25, -0.2) is 0 Å². The van der Waals surface area contributed by atoms with E-state index in [9.17, 15) is 4.79 Å². The lowest BCUT2D eigenvalue weighted by Crippen LogP contribution is -2.53. The summed E-state index contributed by atoms with van der Waals surface area (Å²) >= 11 is 0. The van der Waals surface area contributed by atoms with E-state index in [0.29, 0.717) is 19.7 Å². The lowest BCUT2D eigenvalue weighted by Gasteiger charge is -2.38. The highest BCUT2D eigenvalue weighted by Crippen LogP contribution is 2.18. The zero-order valence-electron chi connectivity index (χ0n) is 11.8. The lowest BCUT2D eigenvalue weighted by molar-refractivity contribution is -0.0426. The molecule has 1 aromatic rings. The molecule has 0 spiro atoms. The molecular formula is C15H22N2O2. The number of hydrogen-bond donors (Lipinski definition) is 1. The van der Waals surface area contributed by atoms with Gasteiger partial charge in [-0.1, -0.05) is 17.7 Å². The van der Waals surface area contributed by atoms with Gasteiger partial charge in [0, 0.05) is 18.7 Å². The average Bonchev–Trinajstić information content (AvgIpc) is 2.38. The first kappa shape index (κ1) is 14.0. The van der Waals surface area contributed by atoms with Crippen molar-refractivity contribution >= 4 is 5.91 Å². The van der Waals surface area contributed by atoms with Crippen LogP contribution < -0.4 is 5.73 Å².